The molecule has 0 atom stereocenters. The molecule has 1 aliphatic carbocycles. The van der Waals surface area contributed by atoms with Gasteiger partial charge in [-0.05, 0) is 50.6 Å². The third kappa shape index (κ3) is 5.61. The third-order valence-electron chi connectivity index (χ3n) is 12.3. The summed E-state index contributed by atoms with van der Waals surface area (Å²) >= 11 is 0. The fourth-order valence-electron chi connectivity index (χ4n) is 8.03. The predicted molar refractivity (Wildman–Crippen MR) is 221 cm³/mol. The third-order valence-corrected chi connectivity index (χ3v) is 12.3. The largest absolute Gasteiger partial charge is 0.240 e. The van der Waals surface area contributed by atoms with Crippen molar-refractivity contribution in [3.05, 3.63) is 162 Å². The van der Waals surface area contributed by atoms with Crippen LogP contribution >= 0.6 is 0 Å². The Morgan fingerprint density at radius 3 is 1.11 bits per heavy atom. The highest BCUT2D eigenvalue weighted by molar-refractivity contribution is 5.91. The minimum Gasteiger partial charge on any atom is -0.240 e. The van der Waals surface area contributed by atoms with E-state index in [9.17, 15) is 5.26 Å². The van der Waals surface area contributed by atoms with Crippen LogP contribution in [0, 0.1) is 23.3 Å². The molecule has 0 amide bonds. The van der Waals surface area contributed by atoms with E-state index in [0.29, 0.717) is 45.7 Å². The Hall–Kier alpha value is -6.76. The van der Waals surface area contributed by atoms with Crippen LogP contribution in [0.15, 0.2) is 133 Å². The van der Waals surface area contributed by atoms with Gasteiger partial charge in [-0.15, -0.1) is 0 Å². The zero-order valence-electron chi connectivity index (χ0n) is 31.9. The summed E-state index contributed by atoms with van der Waals surface area (Å²) < 4.78 is 0. The van der Waals surface area contributed by atoms with E-state index in [1.54, 1.807) is 0 Å². The maximum atomic E-state index is 10.7. The molecule has 0 bridgehead atoms. The Balaban J connectivity index is 1.52. The average molecular weight is 713 g/mol. The van der Waals surface area contributed by atoms with E-state index < -0.39 is 0 Å². The van der Waals surface area contributed by atoms with Gasteiger partial charge >= 0.3 is 0 Å². The molecule has 5 aromatic carbocycles. The predicted octanol–water partition coefficient (Wildman–Crippen LogP) is 12.3. The molecule has 2 aromatic heterocycles. The Bertz CT molecular complexity index is 2360. The molecule has 0 unspecified atom stereocenters. The molecule has 55 heavy (non-hydrogen) atoms. The number of hydrogen-bond acceptors (Lipinski definition) is 5. The molecule has 6 nitrogen and oxygen atoms in total. The molecule has 266 valence electrons. The highest BCUT2D eigenvalue weighted by atomic mass is 15.0. The number of rotatable bonds is 6. The van der Waals surface area contributed by atoms with Crippen LogP contribution in [0.2, 0.25) is 0 Å². The summed E-state index contributed by atoms with van der Waals surface area (Å²) in [7, 11) is 0. The molecule has 0 saturated heterocycles. The lowest BCUT2D eigenvalue weighted by Gasteiger charge is -2.44. The van der Waals surface area contributed by atoms with Gasteiger partial charge < -0.3 is 0 Å². The Morgan fingerprint density at radius 1 is 0.491 bits per heavy atom. The molecular weight excluding hydrogens is 673 g/mol. The lowest BCUT2D eigenvalue weighted by Crippen LogP contribution is -2.42. The van der Waals surface area contributed by atoms with Crippen molar-refractivity contribution in [1.29, 1.82) is 5.26 Å². The highest BCUT2D eigenvalue weighted by Gasteiger charge is 2.57. The Kier molecular flexibility index (Phi) is 8.51. The molecule has 1 aliphatic rings. The minimum absolute atomic E-state index is 0.132. The van der Waals surface area contributed by atoms with E-state index in [1.807, 2.05) is 121 Å². The maximum Gasteiger partial charge on any atom is 0.238 e. The van der Waals surface area contributed by atoms with Crippen LogP contribution in [0.4, 0.5) is 5.69 Å². The second-order valence-corrected chi connectivity index (χ2v) is 15.7. The molecule has 0 fully saturated rings. The molecule has 0 spiro atoms. The molecule has 7 aromatic rings. The SMILES string of the molecule is [C-]#[N+]c1c(-c2ccccc2)nc(-c2cc3c(cc2-c2nc(-c4ccccc4)c(C#N)c(-c4ccccc4)n2)C(C)(C)C(C)(C)C3(C)C)nc1-c1ccccc1. The number of aromatic nitrogens is 4. The first-order valence-corrected chi connectivity index (χ1v) is 18.5. The summed E-state index contributed by atoms with van der Waals surface area (Å²) in [5, 5.41) is 10.7. The Morgan fingerprint density at radius 2 is 0.800 bits per heavy atom. The van der Waals surface area contributed by atoms with Crippen molar-refractivity contribution in [2.75, 3.05) is 0 Å². The van der Waals surface area contributed by atoms with Crippen molar-refractivity contribution >= 4 is 5.69 Å². The van der Waals surface area contributed by atoms with Gasteiger partial charge in [0.05, 0.1) is 29.3 Å². The number of hydrogen-bond donors (Lipinski definition) is 0. The van der Waals surface area contributed by atoms with E-state index in [2.05, 4.69) is 64.6 Å². The first-order chi connectivity index (χ1) is 26.5. The smallest absolute Gasteiger partial charge is 0.238 e. The number of nitriles is 1. The summed E-state index contributed by atoms with van der Waals surface area (Å²) in [5.41, 5.74) is 9.65. The zero-order valence-corrected chi connectivity index (χ0v) is 31.9. The van der Waals surface area contributed by atoms with Gasteiger partial charge in [-0.2, -0.15) is 5.26 Å². The van der Waals surface area contributed by atoms with Gasteiger partial charge in [-0.1, -0.05) is 163 Å². The first kappa shape index (κ1) is 35.3. The molecule has 0 radical (unpaired) electrons. The summed E-state index contributed by atoms with van der Waals surface area (Å²) in [6, 6.07) is 46.3. The van der Waals surface area contributed by atoms with E-state index in [4.69, 9.17) is 26.5 Å². The summed E-state index contributed by atoms with van der Waals surface area (Å²) in [4.78, 5) is 25.1. The van der Waals surface area contributed by atoms with Crippen molar-refractivity contribution in [1.82, 2.24) is 19.9 Å². The lowest BCUT2D eigenvalue weighted by atomic mass is 9.59. The van der Waals surface area contributed by atoms with E-state index in [-0.39, 0.29) is 16.2 Å². The van der Waals surface area contributed by atoms with Gasteiger partial charge in [0, 0.05) is 22.3 Å². The molecule has 8 rings (SSSR count). The Labute approximate surface area is 323 Å². The van der Waals surface area contributed by atoms with E-state index >= 15 is 0 Å². The van der Waals surface area contributed by atoms with Crippen LogP contribution in [0.3, 0.4) is 0 Å². The van der Waals surface area contributed by atoms with E-state index in [0.717, 1.165) is 33.4 Å². The van der Waals surface area contributed by atoms with Gasteiger partial charge in [0.25, 0.3) is 0 Å². The van der Waals surface area contributed by atoms with Gasteiger partial charge in [-0.25, -0.2) is 24.8 Å². The highest BCUT2D eigenvalue weighted by Crippen LogP contribution is 2.62. The van der Waals surface area contributed by atoms with Crippen molar-refractivity contribution in [3.8, 4) is 73.9 Å². The van der Waals surface area contributed by atoms with Crippen molar-refractivity contribution in [2.24, 2.45) is 5.41 Å². The lowest BCUT2D eigenvalue weighted by molar-refractivity contribution is 0.125. The summed E-state index contributed by atoms with van der Waals surface area (Å²) in [6.45, 7) is 22.3. The molecular formula is C49H40N6. The van der Waals surface area contributed by atoms with Crippen LogP contribution in [0.1, 0.15) is 58.2 Å². The van der Waals surface area contributed by atoms with Gasteiger partial charge in [-0.3, -0.25) is 0 Å². The summed E-state index contributed by atoms with van der Waals surface area (Å²) in [5.74, 6) is 0.935. The molecule has 0 N–H and O–H groups in total. The molecule has 0 aliphatic heterocycles. The van der Waals surface area contributed by atoms with Crippen molar-refractivity contribution < 1.29 is 0 Å². The van der Waals surface area contributed by atoms with Crippen LogP contribution in [-0.4, -0.2) is 19.9 Å². The fraction of sp³-hybridized carbons (Fsp3) is 0.184. The minimum atomic E-state index is -0.227. The number of nitrogens with zero attached hydrogens (tertiary/aromatic N) is 6. The van der Waals surface area contributed by atoms with Crippen LogP contribution < -0.4 is 0 Å². The standard InChI is InChI=1S/C49H40N6/c1-47(2)38-28-35(45-52-40(31-20-12-8-13-21-31)37(30-50)41(53-45)32-22-14-9-15-23-32)36(29-39(38)48(3,4)49(47,5)6)46-54-42(33-24-16-10-17-25-33)44(51-7)43(55-46)34-26-18-11-19-27-34/h8-29H,1-6H3. The van der Waals surface area contributed by atoms with Crippen LogP contribution in [-0.2, 0) is 10.8 Å². The van der Waals surface area contributed by atoms with Crippen LogP contribution in [0.5, 0.6) is 0 Å². The topological polar surface area (TPSA) is 79.7 Å². The van der Waals surface area contributed by atoms with Crippen molar-refractivity contribution in [2.45, 2.75) is 52.4 Å². The fourth-order valence-corrected chi connectivity index (χ4v) is 8.03. The maximum absolute atomic E-state index is 10.7. The second kappa shape index (κ2) is 13.3. The summed E-state index contributed by atoms with van der Waals surface area (Å²) in [6.07, 6.45) is 0. The average Bonchev–Trinajstić information content (AvgIpc) is 3.33. The monoisotopic (exact) mass is 712 g/mol. The van der Waals surface area contributed by atoms with E-state index in [1.165, 1.54) is 11.1 Å². The van der Waals surface area contributed by atoms with Gasteiger partial charge in [0.2, 0.25) is 5.69 Å². The molecule has 2 heterocycles. The second-order valence-electron chi connectivity index (χ2n) is 15.7. The van der Waals surface area contributed by atoms with Gasteiger partial charge in [0.15, 0.2) is 11.6 Å². The first-order valence-electron chi connectivity index (χ1n) is 18.5. The van der Waals surface area contributed by atoms with Gasteiger partial charge in [0.1, 0.15) is 11.6 Å². The number of fused-ring (bicyclic) bond motifs is 1. The molecule has 6 heteroatoms. The van der Waals surface area contributed by atoms with Crippen molar-refractivity contribution in [3.63, 3.8) is 0 Å². The molecule has 0 saturated carbocycles. The van der Waals surface area contributed by atoms with Crippen LogP contribution in [0.25, 0.3) is 72.7 Å². The quantitative estimate of drug-likeness (QED) is 0.160. The zero-order chi connectivity index (χ0) is 38.5. The number of benzene rings is 5. The normalized spacial score (nSPS) is 14.8.